The number of aryl methyl sites for hydroxylation is 1. The van der Waals surface area contributed by atoms with Crippen LogP contribution in [0.15, 0.2) is 51.8 Å². The van der Waals surface area contributed by atoms with Crippen molar-refractivity contribution in [1.29, 1.82) is 0 Å². The Bertz CT molecular complexity index is 854. The van der Waals surface area contributed by atoms with Gasteiger partial charge in [0.1, 0.15) is 5.82 Å². The van der Waals surface area contributed by atoms with Gasteiger partial charge in [-0.3, -0.25) is 4.79 Å². The maximum absolute atomic E-state index is 13.7. The van der Waals surface area contributed by atoms with Crippen LogP contribution in [0.1, 0.15) is 12.5 Å². The average molecular weight is 415 g/mol. The zero-order valence-corrected chi connectivity index (χ0v) is 15.4. The van der Waals surface area contributed by atoms with E-state index in [-0.39, 0.29) is 10.6 Å². The predicted molar refractivity (Wildman–Crippen MR) is 93.7 cm³/mol. The second-order valence-electron chi connectivity index (χ2n) is 5.27. The summed E-state index contributed by atoms with van der Waals surface area (Å²) in [5.41, 5.74) is 0.898. The van der Waals surface area contributed by atoms with Gasteiger partial charge in [0, 0.05) is 4.47 Å². The number of nitrogens with one attached hydrogen (secondary N) is 2. The highest BCUT2D eigenvalue weighted by Crippen LogP contribution is 2.19. The van der Waals surface area contributed by atoms with Gasteiger partial charge in [0.25, 0.3) is 0 Å². The lowest BCUT2D eigenvalue weighted by atomic mass is 10.2. The third-order valence-electron chi connectivity index (χ3n) is 3.25. The maximum atomic E-state index is 13.7. The molecule has 0 aromatic heterocycles. The Kier molecular flexibility index (Phi) is 5.74. The Morgan fingerprint density at radius 1 is 1.17 bits per heavy atom. The van der Waals surface area contributed by atoms with Crippen molar-refractivity contribution in [3.05, 3.63) is 58.3 Å². The summed E-state index contributed by atoms with van der Waals surface area (Å²) in [5.74, 6) is -1.28. The van der Waals surface area contributed by atoms with Crippen LogP contribution in [0.25, 0.3) is 0 Å². The number of anilines is 1. The highest BCUT2D eigenvalue weighted by atomic mass is 79.9. The molecule has 0 saturated carbocycles. The number of amides is 1. The largest absolute Gasteiger partial charge is 0.322 e. The van der Waals surface area contributed by atoms with Gasteiger partial charge < -0.3 is 5.32 Å². The number of halogens is 2. The Balaban J connectivity index is 2.09. The molecule has 1 amide bonds. The monoisotopic (exact) mass is 414 g/mol. The lowest BCUT2D eigenvalue weighted by Gasteiger charge is -2.15. The van der Waals surface area contributed by atoms with Gasteiger partial charge in [0.15, 0.2) is 0 Å². The Hall–Kier alpha value is -1.77. The van der Waals surface area contributed by atoms with E-state index >= 15 is 0 Å². The summed E-state index contributed by atoms with van der Waals surface area (Å²) in [7, 11) is -3.84. The first-order chi connectivity index (χ1) is 11.2. The molecular weight excluding hydrogens is 399 g/mol. The van der Waals surface area contributed by atoms with Gasteiger partial charge in [-0.05, 0) is 44.2 Å². The lowest BCUT2D eigenvalue weighted by Crippen LogP contribution is -2.41. The fourth-order valence-electron chi connectivity index (χ4n) is 1.90. The van der Waals surface area contributed by atoms with Crippen LogP contribution in [0.5, 0.6) is 0 Å². The van der Waals surface area contributed by atoms with E-state index in [1.54, 1.807) is 18.2 Å². The molecule has 0 unspecified atom stereocenters. The van der Waals surface area contributed by atoms with Crippen LogP contribution in [0.3, 0.4) is 0 Å². The Morgan fingerprint density at radius 3 is 2.38 bits per heavy atom. The van der Waals surface area contributed by atoms with E-state index in [9.17, 15) is 17.6 Å². The maximum Gasteiger partial charge on any atom is 0.242 e. The minimum Gasteiger partial charge on any atom is -0.322 e. The van der Waals surface area contributed by atoms with Crippen molar-refractivity contribution in [2.75, 3.05) is 5.32 Å². The van der Waals surface area contributed by atoms with Gasteiger partial charge in [-0.15, -0.1) is 0 Å². The molecule has 0 aliphatic rings. The Morgan fingerprint density at radius 2 is 1.79 bits per heavy atom. The van der Waals surface area contributed by atoms with Crippen molar-refractivity contribution in [3.8, 4) is 0 Å². The summed E-state index contributed by atoms with van der Waals surface area (Å²) in [6, 6.07) is 9.33. The predicted octanol–water partition coefficient (Wildman–Crippen LogP) is 3.20. The van der Waals surface area contributed by atoms with Crippen molar-refractivity contribution in [2.24, 2.45) is 0 Å². The van der Waals surface area contributed by atoms with Crippen LogP contribution >= 0.6 is 15.9 Å². The first-order valence-electron chi connectivity index (χ1n) is 7.04. The van der Waals surface area contributed by atoms with E-state index in [0.717, 1.165) is 5.56 Å². The number of rotatable bonds is 5. The fraction of sp³-hybridized carbons (Fsp3) is 0.188. The summed E-state index contributed by atoms with van der Waals surface area (Å²) in [4.78, 5) is 12.2. The highest BCUT2D eigenvalue weighted by molar-refractivity contribution is 9.10. The third kappa shape index (κ3) is 4.62. The number of hydrogen-bond donors (Lipinski definition) is 2. The molecule has 0 spiro atoms. The van der Waals surface area contributed by atoms with Gasteiger partial charge >= 0.3 is 0 Å². The van der Waals surface area contributed by atoms with Crippen LogP contribution in [-0.2, 0) is 14.8 Å². The van der Waals surface area contributed by atoms with E-state index in [2.05, 4.69) is 26.0 Å². The molecule has 0 heterocycles. The quantitative estimate of drug-likeness (QED) is 0.788. The van der Waals surface area contributed by atoms with E-state index in [4.69, 9.17) is 0 Å². The van der Waals surface area contributed by atoms with Gasteiger partial charge in [-0.2, -0.15) is 4.72 Å². The number of carbonyl (C=O) groups excluding carboxylic acids is 1. The van der Waals surface area contributed by atoms with E-state index < -0.39 is 27.8 Å². The average Bonchev–Trinajstić information content (AvgIpc) is 2.50. The minimum atomic E-state index is -3.84. The van der Waals surface area contributed by atoms with Gasteiger partial charge in [0.2, 0.25) is 15.9 Å². The van der Waals surface area contributed by atoms with Crippen molar-refractivity contribution in [2.45, 2.75) is 24.8 Å². The zero-order chi connectivity index (χ0) is 17.9. The van der Waals surface area contributed by atoms with Crippen LogP contribution in [0, 0.1) is 12.7 Å². The van der Waals surface area contributed by atoms with Crippen molar-refractivity contribution < 1.29 is 17.6 Å². The summed E-state index contributed by atoms with van der Waals surface area (Å²) >= 11 is 3.12. The number of benzene rings is 2. The molecule has 1 atom stereocenters. The van der Waals surface area contributed by atoms with E-state index in [1.165, 1.54) is 31.2 Å². The van der Waals surface area contributed by atoms with Gasteiger partial charge in [-0.25, -0.2) is 12.8 Å². The minimum absolute atomic E-state index is 0.0235. The highest BCUT2D eigenvalue weighted by Gasteiger charge is 2.22. The van der Waals surface area contributed by atoms with Crippen molar-refractivity contribution in [1.82, 2.24) is 4.72 Å². The first-order valence-corrected chi connectivity index (χ1v) is 9.31. The molecule has 8 heteroatoms. The molecule has 2 aromatic rings. The number of carbonyl (C=O) groups is 1. The number of sulfonamides is 1. The van der Waals surface area contributed by atoms with E-state index in [1.807, 2.05) is 6.92 Å². The van der Waals surface area contributed by atoms with Crippen molar-refractivity contribution >= 4 is 37.5 Å². The summed E-state index contributed by atoms with van der Waals surface area (Å²) in [5, 5.41) is 2.36. The lowest BCUT2D eigenvalue weighted by molar-refractivity contribution is -0.117. The molecule has 5 nitrogen and oxygen atoms in total. The molecule has 128 valence electrons. The standard InChI is InChI=1S/C16H16BrFN2O3S/c1-10-3-6-13(7-4-10)24(22,23)20-11(2)16(21)19-15-8-5-12(17)9-14(15)18/h3-9,11,20H,1-2H3,(H,19,21)/t11-/m1/s1. The summed E-state index contributed by atoms with van der Waals surface area (Å²) < 4.78 is 41.0. The molecule has 0 radical (unpaired) electrons. The second kappa shape index (κ2) is 7.42. The zero-order valence-electron chi connectivity index (χ0n) is 13.0. The molecule has 0 aliphatic heterocycles. The van der Waals surface area contributed by atoms with Gasteiger partial charge in [0.05, 0.1) is 16.6 Å². The van der Waals surface area contributed by atoms with Crippen LogP contribution < -0.4 is 10.0 Å². The molecule has 0 fully saturated rings. The molecule has 0 bridgehead atoms. The van der Waals surface area contributed by atoms with E-state index in [0.29, 0.717) is 4.47 Å². The van der Waals surface area contributed by atoms with Gasteiger partial charge in [-0.1, -0.05) is 33.6 Å². The van der Waals surface area contributed by atoms with Crippen molar-refractivity contribution in [3.63, 3.8) is 0 Å². The normalized spacial score (nSPS) is 12.7. The van der Waals surface area contributed by atoms with Crippen LogP contribution in [0.4, 0.5) is 10.1 Å². The molecule has 0 saturated heterocycles. The molecule has 2 rings (SSSR count). The summed E-state index contributed by atoms with van der Waals surface area (Å²) in [6.07, 6.45) is 0. The van der Waals surface area contributed by atoms with Crippen LogP contribution in [-0.4, -0.2) is 20.4 Å². The Labute approximate surface area is 148 Å². The number of hydrogen-bond acceptors (Lipinski definition) is 3. The molecular formula is C16H16BrFN2O3S. The molecule has 2 aromatic carbocycles. The fourth-order valence-corrected chi connectivity index (χ4v) is 3.44. The first kappa shape index (κ1) is 18.6. The second-order valence-corrected chi connectivity index (χ2v) is 7.90. The van der Waals surface area contributed by atoms with Crippen LogP contribution in [0.2, 0.25) is 0 Å². The molecule has 24 heavy (non-hydrogen) atoms. The topological polar surface area (TPSA) is 75.3 Å². The SMILES string of the molecule is Cc1ccc(S(=O)(=O)N[C@H](C)C(=O)Nc2ccc(Br)cc2F)cc1. The molecule has 0 aliphatic carbocycles. The summed E-state index contributed by atoms with van der Waals surface area (Å²) in [6.45, 7) is 3.23. The molecule has 2 N–H and O–H groups in total. The smallest absolute Gasteiger partial charge is 0.242 e. The third-order valence-corrected chi connectivity index (χ3v) is 5.30.